The number of nitrogens with zero attached hydrogens (tertiary/aromatic N) is 4. The lowest BCUT2D eigenvalue weighted by Crippen LogP contribution is -2.24. The van der Waals surface area contributed by atoms with Crippen LogP contribution in [0.15, 0.2) is 29.8 Å². The predicted molar refractivity (Wildman–Crippen MR) is 62.3 cm³/mol. The van der Waals surface area contributed by atoms with Crippen LogP contribution in [0.1, 0.15) is 0 Å². The van der Waals surface area contributed by atoms with Gasteiger partial charge in [-0.2, -0.15) is 0 Å². The lowest BCUT2D eigenvalue weighted by atomic mass is 10.5. The van der Waals surface area contributed by atoms with Crippen molar-refractivity contribution in [2.24, 2.45) is 0 Å². The van der Waals surface area contributed by atoms with Crippen molar-refractivity contribution in [3.05, 3.63) is 40.6 Å². The highest BCUT2D eigenvalue weighted by molar-refractivity contribution is 6.30. The molecule has 0 radical (unpaired) electrons. The minimum atomic E-state index is -0.285. The molecule has 0 spiro atoms. The molecule has 2 aromatic heterocycles. The number of halogens is 1. The first-order valence-electron chi connectivity index (χ1n) is 4.97. The monoisotopic (exact) mass is 254 g/mol. The summed E-state index contributed by atoms with van der Waals surface area (Å²) in [6.07, 6.45) is 6.60. The van der Waals surface area contributed by atoms with Crippen LogP contribution < -0.4 is 10.3 Å². The first kappa shape index (κ1) is 11.7. The van der Waals surface area contributed by atoms with Crippen molar-refractivity contribution < 1.29 is 4.74 Å². The normalized spacial score (nSPS) is 10.5. The zero-order chi connectivity index (χ0) is 12.3. The maximum absolute atomic E-state index is 11.9. The molecule has 0 aromatic carbocycles. The van der Waals surface area contributed by atoms with Gasteiger partial charge in [-0.15, -0.1) is 0 Å². The summed E-state index contributed by atoms with van der Waals surface area (Å²) in [5.41, 5.74) is -0.285. The molecular weight excluding hydrogens is 244 g/mol. The smallest absolute Gasteiger partial charge is 0.297 e. The van der Waals surface area contributed by atoms with Gasteiger partial charge in [0.1, 0.15) is 0 Å². The Balaban J connectivity index is 2.19. The SMILES string of the molecule is COc1c(Cl)ncn(CCn2ccnc2)c1=O. The summed E-state index contributed by atoms with van der Waals surface area (Å²) in [5, 5.41) is 0.0800. The highest BCUT2D eigenvalue weighted by atomic mass is 35.5. The van der Waals surface area contributed by atoms with Crippen molar-refractivity contribution in [2.75, 3.05) is 7.11 Å². The Labute approximate surface area is 102 Å². The van der Waals surface area contributed by atoms with Crippen molar-refractivity contribution in [1.29, 1.82) is 0 Å². The summed E-state index contributed by atoms with van der Waals surface area (Å²) < 4.78 is 8.22. The number of hydrogen-bond donors (Lipinski definition) is 0. The maximum atomic E-state index is 11.9. The number of aryl methyl sites for hydroxylation is 2. The number of ether oxygens (including phenoxy) is 1. The molecule has 0 atom stereocenters. The summed E-state index contributed by atoms with van der Waals surface area (Å²) in [6.45, 7) is 1.11. The third kappa shape index (κ3) is 2.47. The van der Waals surface area contributed by atoms with E-state index in [4.69, 9.17) is 16.3 Å². The molecule has 0 bridgehead atoms. The Kier molecular flexibility index (Phi) is 3.43. The highest BCUT2D eigenvalue weighted by Crippen LogP contribution is 2.14. The molecule has 6 nitrogen and oxygen atoms in total. The van der Waals surface area contributed by atoms with Crippen molar-refractivity contribution in [1.82, 2.24) is 19.1 Å². The molecule has 0 aliphatic rings. The zero-order valence-electron chi connectivity index (χ0n) is 9.21. The fraction of sp³-hybridized carbons (Fsp3) is 0.300. The molecule has 0 unspecified atom stereocenters. The molecule has 0 aliphatic carbocycles. The molecule has 2 rings (SSSR count). The van der Waals surface area contributed by atoms with Gasteiger partial charge in [0.2, 0.25) is 5.75 Å². The Morgan fingerprint density at radius 1 is 1.41 bits per heavy atom. The lowest BCUT2D eigenvalue weighted by Gasteiger charge is -2.08. The van der Waals surface area contributed by atoms with Crippen LogP contribution in [-0.4, -0.2) is 26.2 Å². The van der Waals surface area contributed by atoms with E-state index in [0.29, 0.717) is 13.1 Å². The average molecular weight is 255 g/mol. The highest BCUT2D eigenvalue weighted by Gasteiger charge is 2.09. The predicted octanol–water partition coefficient (Wildman–Crippen LogP) is 0.802. The van der Waals surface area contributed by atoms with E-state index in [1.54, 1.807) is 12.5 Å². The second-order valence-corrected chi connectivity index (χ2v) is 3.73. The molecule has 17 heavy (non-hydrogen) atoms. The van der Waals surface area contributed by atoms with Crippen LogP contribution >= 0.6 is 11.6 Å². The summed E-state index contributed by atoms with van der Waals surface area (Å²) in [7, 11) is 1.39. The fourth-order valence-electron chi connectivity index (χ4n) is 1.42. The molecule has 0 aliphatic heterocycles. The molecule has 0 saturated heterocycles. The zero-order valence-corrected chi connectivity index (χ0v) is 9.96. The topological polar surface area (TPSA) is 61.9 Å². The van der Waals surface area contributed by atoms with Gasteiger partial charge in [-0.1, -0.05) is 11.6 Å². The van der Waals surface area contributed by atoms with Gasteiger partial charge in [-0.05, 0) is 0 Å². The molecule has 7 heteroatoms. The van der Waals surface area contributed by atoms with Gasteiger partial charge >= 0.3 is 0 Å². The van der Waals surface area contributed by atoms with Crippen LogP contribution in [0.25, 0.3) is 0 Å². The molecule has 0 amide bonds. The molecule has 90 valence electrons. The molecule has 2 heterocycles. The minimum Gasteiger partial charge on any atom is -0.489 e. The quantitative estimate of drug-likeness (QED) is 0.758. The van der Waals surface area contributed by atoms with Crippen molar-refractivity contribution in [2.45, 2.75) is 13.1 Å². The van der Waals surface area contributed by atoms with E-state index in [9.17, 15) is 4.79 Å². The van der Waals surface area contributed by atoms with Gasteiger partial charge in [-0.25, -0.2) is 9.97 Å². The third-order valence-electron chi connectivity index (χ3n) is 2.32. The molecule has 0 saturated carbocycles. The third-order valence-corrected chi connectivity index (χ3v) is 2.58. The molecule has 0 N–H and O–H groups in total. The Morgan fingerprint density at radius 3 is 2.88 bits per heavy atom. The molecular formula is C10H11ClN4O2. The average Bonchev–Trinajstić information content (AvgIpc) is 2.82. The van der Waals surface area contributed by atoms with Gasteiger partial charge < -0.3 is 9.30 Å². The Hall–Kier alpha value is -1.82. The van der Waals surface area contributed by atoms with Gasteiger partial charge in [0.15, 0.2) is 5.15 Å². The summed E-state index contributed by atoms with van der Waals surface area (Å²) in [5.74, 6) is 0.0693. The van der Waals surface area contributed by atoms with E-state index in [2.05, 4.69) is 9.97 Å². The standard InChI is InChI=1S/C10H11ClN4O2/c1-17-8-9(11)13-7-15(10(8)16)5-4-14-3-2-12-6-14/h2-3,6-7H,4-5H2,1H3. The van der Waals surface area contributed by atoms with Crippen LogP contribution in [0, 0.1) is 0 Å². The van der Waals surface area contributed by atoms with E-state index in [0.717, 1.165) is 0 Å². The van der Waals surface area contributed by atoms with Crippen LogP contribution in [0.2, 0.25) is 5.15 Å². The lowest BCUT2D eigenvalue weighted by molar-refractivity contribution is 0.397. The van der Waals surface area contributed by atoms with Crippen LogP contribution in [-0.2, 0) is 13.1 Å². The number of aromatic nitrogens is 4. The molecule has 0 fully saturated rings. The first-order chi connectivity index (χ1) is 8.22. The van der Waals surface area contributed by atoms with Crippen LogP contribution in [0.3, 0.4) is 0 Å². The fourth-order valence-corrected chi connectivity index (χ4v) is 1.62. The van der Waals surface area contributed by atoms with Crippen molar-refractivity contribution in [3.8, 4) is 5.75 Å². The number of imidazole rings is 1. The molecule has 2 aromatic rings. The van der Waals surface area contributed by atoms with E-state index in [1.807, 2.05) is 10.8 Å². The summed E-state index contributed by atoms with van der Waals surface area (Å²) in [4.78, 5) is 19.7. The second kappa shape index (κ2) is 5.01. The first-order valence-corrected chi connectivity index (χ1v) is 5.35. The van der Waals surface area contributed by atoms with Gasteiger partial charge in [0.05, 0.1) is 19.8 Å². The van der Waals surface area contributed by atoms with E-state index in [1.165, 1.54) is 18.0 Å². The van der Waals surface area contributed by atoms with Gasteiger partial charge in [0, 0.05) is 25.5 Å². The van der Waals surface area contributed by atoms with E-state index < -0.39 is 0 Å². The van der Waals surface area contributed by atoms with Crippen LogP contribution in [0.4, 0.5) is 0 Å². The largest absolute Gasteiger partial charge is 0.489 e. The summed E-state index contributed by atoms with van der Waals surface area (Å²) in [6, 6.07) is 0. The summed E-state index contributed by atoms with van der Waals surface area (Å²) >= 11 is 5.74. The Bertz CT molecular complexity index is 550. The number of hydrogen-bond acceptors (Lipinski definition) is 4. The number of rotatable bonds is 4. The van der Waals surface area contributed by atoms with Gasteiger partial charge in [0.25, 0.3) is 5.56 Å². The van der Waals surface area contributed by atoms with E-state index >= 15 is 0 Å². The van der Waals surface area contributed by atoms with Crippen LogP contribution in [0.5, 0.6) is 5.75 Å². The van der Waals surface area contributed by atoms with Crippen molar-refractivity contribution in [3.63, 3.8) is 0 Å². The van der Waals surface area contributed by atoms with E-state index in [-0.39, 0.29) is 16.5 Å². The number of methoxy groups -OCH3 is 1. The van der Waals surface area contributed by atoms with Gasteiger partial charge in [-0.3, -0.25) is 9.36 Å². The van der Waals surface area contributed by atoms with Crippen molar-refractivity contribution >= 4 is 11.6 Å². The second-order valence-electron chi connectivity index (χ2n) is 3.37. The minimum absolute atomic E-state index is 0.0693. The Morgan fingerprint density at radius 2 is 2.24 bits per heavy atom. The maximum Gasteiger partial charge on any atom is 0.297 e.